The standard InChI is InChI=1S/C9H7NO5S.K.H/c11-8-6-3-1-2-4-7(6)9(12)10(8)5-16(13,14)15;;/h1-4H,5H2,(H,13,14,15);;/q;+1;-1. The minimum atomic E-state index is -4.41. The second-order valence-electron chi connectivity index (χ2n) is 3.29. The van der Waals surface area contributed by atoms with E-state index in [4.69, 9.17) is 4.55 Å². The normalized spacial score (nSPS) is 14.5. The SMILES string of the molecule is O=C1c2ccccc2C(=O)N1CS(=O)(=O)O.[H-].[K+]. The molecule has 1 aliphatic rings. The molecule has 2 amide bonds. The molecule has 8 heteroatoms. The van der Waals surface area contributed by atoms with E-state index in [9.17, 15) is 18.0 Å². The Morgan fingerprint density at radius 1 is 1.12 bits per heavy atom. The van der Waals surface area contributed by atoms with Gasteiger partial charge in [-0.2, -0.15) is 8.42 Å². The van der Waals surface area contributed by atoms with E-state index in [1.807, 2.05) is 0 Å². The van der Waals surface area contributed by atoms with Crippen molar-refractivity contribution in [1.82, 2.24) is 4.90 Å². The average Bonchev–Trinajstić information content (AvgIpc) is 2.43. The molecule has 0 aliphatic carbocycles. The number of fused-ring (bicyclic) bond motifs is 1. The average molecular weight is 281 g/mol. The fraction of sp³-hybridized carbons (Fsp3) is 0.111. The molecule has 0 saturated heterocycles. The van der Waals surface area contributed by atoms with Crippen molar-refractivity contribution < 1.29 is 75.4 Å². The van der Waals surface area contributed by atoms with Crippen LogP contribution in [0.15, 0.2) is 24.3 Å². The number of hydrogen-bond acceptors (Lipinski definition) is 4. The summed E-state index contributed by atoms with van der Waals surface area (Å²) in [6, 6.07) is 6.00. The number of imide groups is 1. The Bertz CT molecular complexity index is 553. The fourth-order valence-electron chi connectivity index (χ4n) is 1.52. The number of hydrogen-bond donors (Lipinski definition) is 1. The Morgan fingerprint density at radius 2 is 1.53 bits per heavy atom. The second-order valence-corrected chi connectivity index (χ2v) is 4.72. The Morgan fingerprint density at radius 3 is 1.88 bits per heavy atom. The summed E-state index contributed by atoms with van der Waals surface area (Å²) in [4.78, 5) is 23.7. The molecule has 17 heavy (non-hydrogen) atoms. The van der Waals surface area contributed by atoms with Crippen LogP contribution in [0.2, 0.25) is 0 Å². The summed E-state index contributed by atoms with van der Waals surface area (Å²) >= 11 is 0. The van der Waals surface area contributed by atoms with Gasteiger partial charge in [0.15, 0.2) is 5.88 Å². The summed E-state index contributed by atoms with van der Waals surface area (Å²) in [7, 11) is -4.41. The van der Waals surface area contributed by atoms with Crippen LogP contribution in [-0.4, -0.2) is 35.6 Å². The van der Waals surface area contributed by atoms with Crippen LogP contribution in [0, 0.1) is 0 Å². The summed E-state index contributed by atoms with van der Waals surface area (Å²) in [5.41, 5.74) is 0.298. The van der Waals surface area contributed by atoms with Crippen molar-refractivity contribution in [3.8, 4) is 0 Å². The van der Waals surface area contributed by atoms with Crippen LogP contribution in [0.25, 0.3) is 0 Å². The monoisotopic (exact) mass is 281 g/mol. The van der Waals surface area contributed by atoms with Crippen LogP contribution < -0.4 is 51.4 Å². The van der Waals surface area contributed by atoms with Crippen molar-refractivity contribution >= 4 is 21.9 Å². The van der Waals surface area contributed by atoms with Gasteiger partial charge in [-0.15, -0.1) is 0 Å². The van der Waals surface area contributed by atoms with Gasteiger partial charge >= 0.3 is 51.4 Å². The Kier molecular flexibility index (Phi) is 4.64. The number of carbonyl (C=O) groups is 2. The van der Waals surface area contributed by atoms with Crippen LogP contribution in [0.3, 0.4) is 0 Å². The van der Waals surface area contributed by atoms with E-state index in [2.05, 4.69) is 0 Å². The molecule has 1 N–H and O–H groups in total. The van der Waals surface area contributed by atoms with Crippen LogP contribution in [0.1, 0.15) is 22.1 Å². The van der Waals surface area contributed by atoms with Crippen LogP contribution >= 0.6 is 0 Å². The maximum atomic E-state index is 11.6. The van der Waals surface area contributed by atoms with Crippen molar-refractivity contribution in [3.05, 3.63) is 35.4 Å². The molecule has 86 valence electrons. The first-order valence-corrected chi connectivity index (χ1v) is 5.91. The first-order chi connectivity index (χ1) is 7.40. The molecule has 6 nitrogen and oxygen atoms in total. The molecule has 0 unspecified atom stereocenters. The number of rotatable bonds is 2. The summed E-state index contributed by atoms with van der Waals surface area (Å²) < 4.78 is 29.9. The molecule has 0 bridgehead atoms. The minimum Gasteiger partial charge on any atom is -1.00 e. The molecule has 0 atom stereocenters. The molecule has 1 aliphatic heterocycles. The van der Waals surface area contributed by atoms with Crippen molar-refractivity contribution in [3.63, 3.8) is 0 Å². The Balaban J connectivity index is 0.00000144. The summed E-state index contributed by atoms with van der Waals surface area (Å²) in [5.74, 6) is -2.43. The third-order valence-electron chi connectivity index (χ3n) is 2.17. The van der Waals surface area contributed by atoms with Crippen LogP contribution in [-0.2, 0) is 10.1 Å². The molecular weight excluding hydrogens is 273 g/mol. The number of amides is 2. The number of nitrogens with zero attached hydrogens (tertiary/aromatic N) is 1. The fourth-order valence-corrected chi connectivity index (χ4v) is 2.08. The topological polar surface area (TPSA) is 91.8 Å². The molecule has 1 heterocycles. The van der Waals surface area contributed by atoms with Gasteiger partial charge in [0.25, 0.3) is 21.9 Å². The largest absolute Gasteiger partial charge is 1.00 e. The van der Waals surface area contributed by atoms with Gasteiger partial charge in [-0.05, 0) is 12.1 Å². The quantitative estimate of drug-likeness (QED) is 0.360. The molecule has 1 aromatic carbocycles. The smallest absolute Gasteiger partial charge is 1.00 e. The zero-order chi connectivity index (χ0) is 11.9. The molecule has 0 aromatic heterocycles. The van der Waals surface area contributed by atoms with Gasteiger partial charge in [-0.3, -0.25) is 19.0 Å². The number of benzene rings is 1. The van der Waals surface area contributed by atoms with Gasteiger partial charge in [0.2, 0.25) is 0 Å². The van der Waals surface area contributed by atoms with E-state index in [0.29, 0.717) is 4.90 Å². The van der Waals surface area contributed by atoms with Crippen molar-refractivity contribution in [2.24, 2.45) is 0 Å². The molecule has 0 radical (unpaired) electrons. The van der Waals surface area contributed by atoms with Gasteiger partial charge in [0, 0.05) is 0 Å². The van der Waals surface area contributed by atoms with Crippen molar-refractivity contribution in [1.29, 1.82) is 0 Å². The van der Waals surface area contributed by atoms with Gasteiger partial charge in [-0.1, -0.05) is 12.1 Å². The molecule has 0 fully saturated rings. The Labute approximate surface area is 142 Å². The van der Waals surface area contributed by atoms with E-state index >= 15 is 0 Å². The van der Waals surface area contributed by atoms with Crippen LogP contribution in [0.5, 0.6) is 0 Å². The molecular formula is C9H8KNO5S. The minimum absolute atomic E-state index is 0. The molecule has 2 rings (SSSR count). The van der Waals surface area contributed by atoms with E-state index in [1.54, 1.807) is 12.1 Å². The van der Waals surface area contributed by atoms with Gasteiger partial charge in [-0.25, -0.2) is 0 Å². The maximum Gasteiger partial charge on any atom is 1.00 e. The Hall–Kier alpha value is -0.0936. The summed E-state index contributed by atoms with van der Waals surface area (Å²) in [5, 5.41) is 0. The van der Waals surface area contributed by atoms with Gasteiger partial charge < -0.3 is 1.43 Å². The van der Waals surface area contributed by atoms with Gasteiger partial charge in [0.1, 0.15) is 0 Å². The maximum absolute atomic E-state index is 11.6. The summed E-state index contributed by atoms with van der Waals surface area (Å²) in [6.07, 6.45) is 0. The molecule has 0 spiro atoms. The van der Waals surface area contributed by atoms with E-state index in [-0.39, 0.29) is 63.9 Å². The number of carbonyl (C=O) groups excluding carboxylic acids is 2. The zero-order valence-corrected chi connectivity index (χ0v) is 12.9. The van der Waals surface area contributed by atoms with Crippen LogP contribution in [0.4, 0.5) is 0 Å². The zero-order valence-electron chi connectivity index (χ0n) is 9.95. The second kappa shape index (κ2) is 5.27. The van der Waals surface area contributed by atoms with Gasteiger partial charge in [0.05, 0.1) is 11.1 Å². The molecule has 0 saturated carbocycles. The van der Waals surface area contributed by atoms with E-state index in [0.717, 1.165) is 0 Å². The summed E-state index contributed by atoms with van der Waals surface area (Å²) in [6.45, 7) is 0. The first-order valence-electron chi connectivity index (χ1n) is 4.30. The predicted molar refractivity (Wildman–Crippen MR) is 54.5 cm³/mol. The van der Waals surface area contributed by atoms with Crippen molar-refractivity contribution in [2.75, 3.05) is 5.88 Å². The molecule has 1 aromatic rings. The predicted octanol–water partition coefficient (Wildman–Crippen LogP) is -2.76. The van der Waals surface area contributed by atoms with E-state index in [1.165, 1.54) is 12.1 Å². The third kappa shape index (κ3) is 3.02. The third-order valence-corrected chi connectivity index (χ3v) is 2.75. The van der Waals surface area contributed by atoms with E-state index < -0.39 is 27.8 Å². The first kappa shape index (κ1) is 15.0. The van der Waals surface area contributed by atoms with Crippen molar-refractivity contribution in [2.45, 2.75) is 0 Å².